The predicted molar refractivity (Wildman–Crippen MR) is 83.5 cm³/mol. The molecule has 110 valence electrons. The van der Waals surface area contributed by atoms with Gasteiger partial charge in [-0.15, -0.1) is 0 Å². The van der Waals surface area contributed by atoms with Crippen molar-refractivity contribution < 1.29 is 5.11 Å². The Kier molecular flexibility index (Phi) is 4.04. The van der Waals surface area contributed by atoms with Gasteiger partial charge in [0.2, 0.25) is 5.95 Å². The van der Waals surface area contributed by atoms with Crippen molar-refractivity contribution in [1.29, 1.82) is 0 Å². The van der Waals surface area contributed by atoms with Gasteiger partial charge in [-0.25, -0.2) is 9.97 Å². The molecule has 0 saturated carbocycles. The van der Waals surface area contributed by atoms with Crippen molar-refractivity contribution in [3.8, 4) is 5.75 Å². The SMILES string of the molecule is Cc1nc(N2CCC(Cc3ccccc3)CC2)ncc1O. The number of benzene rings is 1. The van der Waals surface area contributed by atoms with E-state index in [0.29, 0.717) is 5.69 Å². The highest BCUT2D eigenvalue weighted by Gasteiger charge is 2.21. The van der Waals surface area contributed by atoms with Crippen molar-refractivity contribution >= 4 is 5.95 Å². The van der Waals surface area contributed by atoms with Crippen LogP contribution >= 0.6 is 0 Å². The first kappa shape index (κ1) is 13.9. The van der Waals surface area contributed by atoms with Crippen molar-refractivity contribution in [3.05, 3.63) is 47.8 Å². The molecule has 2 aromatic rings. The van der Waals surface area contributed by atoms with Gasteiger partial charge < -0.3 is 10.0 Å². The van der Waals surface area contributed by atoms with Crippen molar-refractivity contribution in [2.45, 2.75) is 26.2 Å². The summed E-state index contributed by atoms with van der Waals surface area (Å²) in [4.78, 5) is 10.8. The predicted octanol–water partition coefficient (Wildman–Crippen LogP) is 2.95. The molecule has 1 fully saturated rings. The smallest absolute Gasteiger partial charge is 0.225 e. The highest BCUT2D eigenvalue weighted by atomic mass is 16.3. The van der Waals surface area contributed by atoms with E-state index in [1.54, 1.807) is 0 Å². The number of hydrogen-bond donors (Lipinski definition) is 1. The van der Waals surface area contributed by atoms with Crippen LogP contribution in [-0.2, 0) is 6.42 Å². The maximum Gasteiger partial charge on any atom is 0.225 e. The molecule has 21 heavy (non-hydrogen) atoms. The Bertz CT molecular complexity index is 592. The normalized spacial score (nSPS) is 16.1. The third-order valence-corrected chi connectivity index (χ3v) is 4.21. The molecule has 0 unspecified atom stereocenters. The van der Waals surface area contributed by atoms with Gasteiger partial charge in [0.25, 0.3) is 0 Å². The van der Waals surface area contributed by atoms with E-state index >= 15 is 0 Å². The van der Waals surface area contributed by atoms with Gasteiger partial charge in [-0.2, -0.15) is 0 Å². The lowest BCUT2D eigenvalue weighted by Crippen LogP contribution is -2.35. The van der Waals surface area contributed by atoms with Crippen LogP contribution in [0.1, 0.15) is 24.1 Å². The van der Waals surface area contributed by atoms with Crippen LogP contribution in [0.4, 0.5) is 5.95 Å². The number of nitrogens with zero attached hydrogens (tertiary/aromatic N) is 3. The van der Waals surface area contributed by atoms with Gasteiger partial charge in [0, 0.05) is 13.1 Å². The molecule has 3 rings (SSSR count). The second-order valence-corrected chi connectivity index (χ2v) is 5.76. The summed E-state index contributed by atoms with van der Waals surface area (Å²) in [5.74, 6) is 1.64. The molecule has 0 radical (unpaired) electrons. The van der Waals surface area contributed by atoms with Gasteiger partial charge in [0.1, 0.15) is 0 Å². The number of piperidine rings is 1. The van der Waals surface area contributed by atoms with E-state index in [4.69, 9.17) is 0 Å². The fourth-order valence-electron chi connectivity index (χ4n) is 2.89. The van der Waals surface area contributed by atoms with Gasteiger partial charge in [-0.3, -0.25) is 0 Å². The number of hydrogen-bond acceptors (Lipinski definition) is 4. The van der Waals surface area contributed by atoms with Crippen molar-refractivity contribution in [1.82, 2.24) is 9.97 Å². The third-order valence-electron chi connectivity index (χ3n) is 4.21. The van der Waals surface area contributed by atoms with E-state index in [0.717, 1.165) is 44.2 Å². The molecule has 0 aliphatic carbocycles. The van der Waals surface area contributed by atoms with Gasteiger partial charge in [-0.05, 0) is 37.7 Å². The largest absolute Gasteiger partial charge is 0.504 e. The monoisotopic (exact) mass is 283 g/mol. The minimum atomic E-state index is 0.165. The molecule has 0 spiro atoms. The molecule has 1 N–H and O–H groups in total. The van der Waals surface area contributed by atoms with Crippen LogP contribution in [0.25, 0.3) is 0 Å². The summed E-state index contributed by atoms with van der Waals surface area (Å²) >= 11 is 0. The quantitative estimate of drug-likeness (QED) is 0.941. The van der Waals surface area contributed by atoms with Gasteiger partial charge in [-0.1, -0.05) is 30.3 Å². The Morgan fingerprint density at radius 1 is 1.19 bits per heavy atom. The zero-order valence-electron chi connectivity index (χ0n) is 12.4. The van der Waals surface area contributed by atoms with Crippen LogP contribution in [0.2, 0.25) is 0 Å². The third kappa shape index (κ3) is 3.32. The van der Waals surface area contributed by atoms with Crippen LogP contribution in [0.5, 0.6) is 5.75 Å². The highest BCUT2D eigenvalue weighted by molar-refractivity contribution is 5.35. The summed E-state index contributed by atoms with van der Waals surface area (Å²) in [6.07, 6.45) is 4.98. The Hall–Kier alpha value is -2.10. The van der Waals surface area contributed by atoms with Crippen LogP contribution in [0.15, 0.2) is 36.5 Å². The topological polar surface area (TPSA) is 49.2 Å². The maximum atomic E-state index is 9.50. The summed E-state index contributed by atoms with van der Waals surface area (Å²) in [6, 6.07) is 10.7. The van der Waals surface area contributed by atoms with Gasteiger partial charge >= 0.3 is 0 Å². The molecule has 1 aliphatic rings. The van der Waals surface area contributed by atoms with E-state index in [1.807, 2.05) is 6.92 Å². The average Bonchev–Trinajstić information content (AvgIpc) is 2.52. The lowest BCUT2D eigenvalue weighted by molar-refractivity contribution is 0.399. The zero-order chi connectivity index (χ0) is 14.7. The van der Waals surface area contributed by atoms with E-state index in [1.165, 1.54) is 11.8 Å². The minimum Gasteiger partial charge on any atom is -0.504 e. The summed E-state index contributed by atoms with van der Waals surface area (Å²) < 4.78 is 0. The van der Waals surface area contributed by atoms with Crippen molar-refractivity contribution in [2.24, 2.45) is 5.92 Å². The average molecular weight is 283 g/mol. The van der Waals surface area contributed by atoms with Crippen LogP contribution < -0.4 is 4.90 Å². The maximum absolute atomic E-state index is 9.50. The summed E-state index contributed by atoms with van der Waals surface area (Å²) in [6.45, 7) is 3.78. The summed E-state index contributed by atoms with van der Waals surface area (Å²) in [7, 11) is 0. The molecular formula is C17H21N3O. The van der Waals surface area contributed by atoms with E-state index in [-0.39, 0.29) is 5.75 Å². The Morgan fingerprint density at radius 3 is 2.57 bits per heavy atom. The fourth-order valence-corrected chi connectivity index (χ4v) is 2.89. The molecule has 0 atom stereocenters. The van der Waals surface area contributed by atoms with Gasteiger partial charge in [0.15, 0.2) is 5.75 Å². The number of anilines is 1. The van der Waals surface area contributed by atoms with E-state index < -0.39 is 0 Å². The molecule has 0 bridgehead atoms. The van der Waals surface area contributed by atoms with E-state index in [2.05, 4.69) is 45.2 Å². The van der Waals surface area contributed by atoms with Gasteiger partial charge in [0.05, 0.1) is 11.9 Å². The number of aromatic hydroxyl groups is 1. The second kappa shape index (κ2) is 6.12. The minimum absolute atomic E-state index is 0.165. The molecule has 0 amide bonds. The van der Waals surface area contributed by atoms with Crippen LogP contribution in [0, 0.1) is 12.8 Å². The molecular weight excluding hydrogens is 262 g/mol. The summed E-state index contributed by atoms with van der Waals surface area (Å²) in [5, 5.41) is 9.50. The molecule has 1 aromatic heterocycles. The lowest BCUT2D eigenvalue weighted by atomic mass is 9.90. The number of aromatic nitrogens is 2. The Balaban J connectivity index is 1.58. The van der Waals surface area contributed by atoms with Crippen LogP contribution in [-0.4, -0.2) is 28.2 Å². The Morgan fingerprint density at radius 2 is 1.90 bits per heavy atom. The first-order valence-electron chi connectivity index (χ1n) is 7.54. The molecule has 1 aliphatic heterocycles. The van der Waals surface area contributed by atoms with Crippen molar-refractivity contribution in [3.63, 3.8) is 0 Å². The zero-order valence-corrected chi connectivity index (χ0v) is 12.4. The lowest BCUT2D eigenvalue weighted by Gasteiger charge is -2.32. The Labute approximate surface area is 125 Å². The second-order valence-electron chi connectivity index (χ2n) is 5.76. The first-order valence-corrected chi connectivity index (χ1v) is 7.54. The van der Waals surface area contributed by atoms with Crippen LogP contribution in [0.3, 0.4) is 0 Å². The first-order chi connectivity index (χ1) is 10.2. The summed E-state index contributed by atoms with van der Waals surface area (Å²) in [5.41, 5.74) is 2.07. The molecule has 1 saturated heterocycles. The number of aryl methyl sites for hydroxylation is 1. The van der Waals surface area contributed by atoms with Crippen molar-refractivity contribution in [2.75, 3.05) is 18.0 Å². The fraction of sp³-hybridized carbons (Fsp3) is 0.412. The van der Waals surface area contributed by atoms with E-state index in [9.17, 15) is 5.11 Å². The molecule has 1 aromatic carbocycles. The molecule has 2 heterocycles. The molecule has 4 nitrogen and oxygen atoms in total. The molecule has 4 heteroatoms. The highest BCUT2D eigenvalue weighted by Crippen LogP contribution is 2.25. The standard InChI is InChI=1S/C17H21N3O/c1-13-16(21)12-18-17(19-13)20-9-7-15(8-10-20)11-14-5-3-2-4-6-14/h2-6,12,15,21H,7-11H2,1H3. The number of rotatable bonds is 3.